The molecule has 5 heteroatoms. The molecule has 1 atom stereocenters. The first-order valence-corrected chi connectivity index (χ1v) is 10.0. The molecule has 0 fully saturated rings. The Kier molecular flexibility index (Phi) is 6.20. The second-order valence-electron chi connectivity index (χ2n) is 8.18. The summed E-state index contributed by atoms with van der Waals surface area (Å²) in [6.07, 6.45) is 4.91. The summed E-state index contributed by atoms with van der Waals surface area (Å²) in [6, 6.07) is 6.02. The van der Waals surface area contributed by atoms with Crippen LogP contribution in [0.25, 0.3) is 0 Å². The van der Waals surface area contributed by atoms with Gasteiger partial charge in [-0.2, -0.15) is 0 Å². The van der Waals surface area contributed by atoms with Gasteiger partial charge in [0.1, 0.15) is 29.6 Å². The molecule has 0 saturated heterocycles. The smallest absolute Gasteiger partial charge is 0.177 e. The Hall–Kier alpha value is -3.21. The van der Waals surface area contributed by atoms with E-state index in [2.05, 4.69) is 0 Å². The highest BCUT2D eigenvalue weighted by Crippen LogP contribution is 2.42. The van der Waals surface area contributed by atoms with Gasteiger partial charge in [0.2, 0.25) is 0 Å². The average molecular weight is 408 g/mol. The van der Waals surface area contributed by atoms with Gasteiger partial charge in [-0.15, -0.1) is 0 Å². The minimum absolute atomic E-state index is 0.00717. The van der Waals surface area contributed by atoms with E-state index in [1.807, 2.05) is 39.8 Å². The number of fused-ring (bicyclic) bond motifs is 1. The van der Waals surface area contributed by atoms with E-state index in [4.69, 9.17) is 4.74 Å². The number of Topliss-reactive ketones (excluding diaryl/α,β-unsaturated/α-hetero) is 1. The van der Waals surface area contributed by atoms with Crippen molar-refractivity contribution in [2.45, 2.75) is 46.5 Å². The zero-order valence-electron chi connectivity index (χ0n) is 17.8. The van der Waals surface area contributed by atoms with Gasteiger partial charge in [-0.05, 0) is 64.3 Å². The van der Waals surface area contributed by atoms with Gasteiger partial charge in [-0.1, -0.05) is 23.3 Å². The first kappa shape index (κ1) is 21.5. The number of carbonyl (C=O) groups is 1. The molecule has 0 saturated carbocycles. The van der Waals surface area contributed by atoms with Crippen LogP contribution in [0.1, 0.15) is 60.7 Å². The second-order valence-corrected chi connectivity index (χ2v) is 8.18. The van der Waals surface area contributed by atoms with Gasteiger partial charge in [0.25, 0.3) is 0 Å². The molecule has 0 radical (unpaired) electrons. The summed E-state index contributed by atoms with van der Waals surface area (Å²) in [5.74, 6) is -0.520. The van der Waals surface area contributed by atoms with E-state index in [1.54, 1.807) is 12.1 Å². The largest absolute Gasteiger partial charge is 0.508 e. The molecule has 0 amide bonds. The number of phenolic OH excluding ortho intramolecular Hbond substituents is 3. The van der Waals surface area contributed by atoms with E-state index in [9.17, 15) is 20.1 Å². The standard InChI is InChI=1S/C25H28O5/c1-14(2)5-7-16-11-19(23(28)12-22(16)27)20-13-30-25-17(8-6-15(3)4)21(26)10-9-18(25)24(20)29/h5-6,9-12,20,26-28H,7-8,13H2,1-4H3. The number of ketones is 1. The van der Waals surface area contributed by atoms with Crippen molar-refractivity contribution in [2.75, 3.05) is 6.61 Å². The number of aromatic hydroxyl groups is 3. The van der Waals surface area contributed by atoms with Gasteiger partial charge in [-0.3, -0.25) is 4.79 Å². The molecule has 1 heterocycles. The van der Waals surface area contributed by atoms with Crippen LogP contribution in [-0.4, -0.2) is 27.7 Å². The summed E-state index contributed by atoms with van der Waals surface area (Å²) in [6.45, 7) is 7.92. The zero-order chi connectivity index (χ0) is 22.0. The summed E-state index contributed by atoms with van der Waals surface area (Å²) < 4.78 is 5.93. The lowest BCUT2D eigenvalue weighted by Crippen LogP contribution is -2.27. The fourth-order valence-electron chi connectivity index (χ4n) is 3.54. The van der Waals surface area contributed by atoms with Crippen molar-refractivity contribution in [1.82, 2.24) is 0 Å². The average Bonchev–Trinajstić information content (AvgIpc) is 2.67. The molecular weight excluding hydrogens is 380 g/mol. The van der Waals surface area contributed by atoms with Crippen molar-refractivity contribution in [1.29, 1.82) is 0 Å². The van der Waals surface area contributed by atoms with Gasteiger partial charge < -0.3 is 20.1 Å². The molecule has 0 aromatic heterocycles. The Bertz CT molecular complexity index is 1040. The van der Waals surface area contributed by atoms with Crippen molar-refractivity contribution in [3.05, 3.63) is 69.8 Å². The van der Waals surface area contributed by atoms with Crippen LogP contribution < -0.4 is 4.74 Å². The number of carbonyl (C=O) groups excluding carboxylic acids is 1. The van der Waals surface area contributed by atoms with Crippen molar-refractivity contribution >= 4 is 5.78 Å². The van der Waals surface area contributed by atoms with Crippen molar-refractivity contribution < 1.29 is 24.9 Å². The number of hydrogen-bond acceptors (Lipinski definition) is 5. The molecule has 3 N–H and O–H groups in total. The maximum Gasteiger partial charge on any atom is 0.177 e. The molecule has 3 rings (SSSR count). The maximum atomic E-state index is 13.3. The van der Waals surface area contributed by atoms with Crippen molar-refractivity contribution in [3.8, 4) is 23.0 Å². The van der Waals surface area contributed by atoms with Crippen molar-refractivity contribution in [3.63, 3.8) is 0 Å². The number of benzene rings is 2. The number of ether oxygens (including phenoxy) is 1. The Morgan fingerprint density at radius 1 is 0.967 bits per heavy atom. The van der Waals surface area contributed by atoms with Gasteiger partial charge >= 0.3 is 0 Å². The fourth-order valence-corrected chi connectivity index (χ4v) is 3.54. The second kappa shape index (κ2) is 8.66. The summed E-state index contributed by atoms with van der Waals surface area (Å²) in [7, 11) is 0. The molecule has 0 bridgehead atoms. The third-order valence-corrected chi connectivity index (χ3v) is 5.26. The molecule has 0 spiro atoms. The van der Waals surface area contributed by atoms with E-state index in [0.717, 1.165) is 11.1 Å². The summed E-state index contributed by atoms with van der Waals surface area (Å²) >= 11 is 0. The first-order valence-electron chi connectivity index (χ1n) is 10.0. The highest BCUT2D eigenvalue weighted by Gasteiger charge is 2.34. The molecule has 1 aliphatic heterocycles. The SMILES string of the molecule is CC(C)=CCc1cc(C2COc3c(ccc(O)c3CC=C(C)C)C2=O)c(O)cc1O. The van der Waals surface area contributed by atoms with Crippen LogP contribution in [0.2, 0.25) is 0 Å². The van der Waals surface area contributed by atoms with Gasteiger partial charge in [-0.25, -0.2) is 0 Å². The quantitative estimate of drug-likeness (QED) is 0.594. The Labute approximate surface area is 177 Å². The lowest BCUT2D eigenvalue weighted by atomic mass is 9.85. The number of allylic oxidation sites excluding steroid dienone is 4. The van der Waals surface area contributed by atoms with E-state index < -0.39 is 5.92 Å². The summed E-state index contributed by atoms with van der Waals surface area (Å²) in [5.41, 5.74) is 4.25. The number of rotatable bonds is 5. The topological polar surface area (TPSA) is 87.0 Å². The molecule has 2 aromatic carbocycles. The van der Waals surface area contributed by atoms with Crippen LogP contribution >= 0.6 is 0 Å². The molecule has 5 nitrogen and oxygen atoms in total. The van der Waals surface area contributed by atoms with Crippen LogP contribution in [0.4, 0.5) is 0 Å². The fraction of sp³-hybridized carbons (Fsp3) is 0.320. The first-order chi connectivity index (χ1) is 14.2. The Balaban J connectivity index is 2.00. The molecule has 0 aliphatic carbocycles. The number of hydrogen-bond donors (Lipinski definition) is 3. The highest BCUT2D eigenvalue weighted by molar-refractivity contribution is 6.05. The van der Waals surface area contributed by atoms with Gasteiger partial charge in [0.05, 0.1) is 11.5 Å². The molecule has 2 aromatic rings. The third kappa shape index (κ3) is 4.35. The summed E-state index contributed by atoms with van der Waals surface area (Å²) in [4.78, 5) is 13.3. The minimum atomic E-state index is -0.690. The minimum Gasteiger partial charge on any atom is -0.508 e. The number of phenols is 3. The van der Waals surface area contributed by atoms with Crippen LogP contribution in [-0.2, 0) is 12.8 Å². The Morgan fingerprint density at radius 3 is 2.30 bits per heavy atom. The third-order valence-electron chi connectivity index (χ3n) is 5.26. The van der Waals surface area contributed by atoms with E-state index in [-0.39, 0.29) is 29.6 Å². The lowest BCUT2D eigenvalue weighted by Gasteiger charge is -2.27. The van der Waals surface area contributed by atoms with E-state index >= 15 is 0 Å². The Morgan fingerprint density at radius 2 is 1.63 bits per heavy atom. The normalized spacial score (nSPS) is 15.2. The van der Waals surface area contributed by atoms with Crippen molar-refractivity contribution in [2.24, 2.45) is 0 Å². The maximum absolute atomic E-state index is 13.3. The predicted octanol–water partition coefficient (Wildman–Crippen LogP) is 5.18. The highest BCUT2D eigenvalue weighted by atomic mass is 16.5. The van der Waals surface area contributed by atoms with Crippen LogP contribution in [0, 0.1) is 0 Å². The molecular formula is C25H28O5. The van der Waals surface area contributed by atoms with Crippen LogP contribution in [0.3, 0.4) is 0 Å². The van der Waals surface area contributed by atoms with Gasteiger partial charge in [0.15, 0.2) is 5.78 Å². The van der Waals surface area contributed by atoms with E-state index in [1.165, 1.54) is 12.1 Å². The molecule has 158 valence electrons. The summed E-state index contributed by atoms with van der Waals surface area (Å²) in [5, 5.41) is 30.9. The molecule has 30 heavy (non-hydrogen) atoms. The predicted molar refractivity (Wildman–Crippen MR) is 117 cm³/mol. The van der Waals surface area contributed by atoms with Gasteiger partial charge in [0, 0.05) is 17.2 Å². The molecule has 1 unspecified atom stereocenters. The van der Waals surface area contributed by atoms with Crippen LogP contribution in [0.15, 0.2) is 47.6 Å². The monoisotopic (exact) mass is 408 g/mol. The zero-order valence-corrected chi connectivity index (χ0v) is 17.8. The van der Waals surface area contributed by atoms with Crippen LogP contribution in [0.5, 0.6) is 23.0 Å². The lowest BCUT2D eigenvalue weighted by molar-refractivity contribution is 0.0892. The van der Waals surface area contributed by atoms with E-state index in [0.29, 0.717) is 40.8 Å². The molecule has 1 aliphatic rings.